The van der Waals surface area contributed by atoms with Crippen LogP contribution in [0.5, 0.6) is 0 Å². The number of anilines is 2. The number of hydrogen-bond donors (Lipinski definition) is 0. The molecule has 2 aromatic carbocycles. The molecule has 24 heavy (non-hydrogen) atoms. The fraction of sp³-hybridized carbons (Fsp3) is 0.381. The molecule has 1 fully saturated rings. The van der Waals surface area contributed by atoms with Crippen molar-refractivity contribution in [2.45, 2.75) is 41.5 Å². The maximum Gasteiger partial charge on any atom is 0.208 e. The number of aryl methyl sites for hydroxylation is 6. The van der Waals surface area contributed by atoms with Crippen molar-refractivity contribution in [3.8, 4) is 0 Å². The lowest BCUT2D eigenvalue weighted by molar-refractivity contribution is 1.01. The van der Waals surface area contributed by atoms with E-state index in [0.717, 1.165) is 13.1 Å². The SMILES string of the molecule is Cc1cc(C)c(N2[C]N(c3c(C)cc(C)cc3C)CC2)c(C)c1.[AlH3]. The summed E-state index contributed by atoms with van der Waals surface area (Å²) < 4.78 is 0. The Morgan fingerprint density at radius 3 is 1.21 bits per heavy atom. The molecule has 0 spiro atoms. The average Bonchev–Trinajstić information content (AvgIpc) is 2.85. The fourth-order valence-electron chi connectivity index (χ4n) is 3.97. The van der Waals surface area contributed by atoms with Crippen molar-refractivity contribution >= 4 is 28.7 Å². The van der Waals surface area contributed by atoms with Gasteiger partial charge in [-0.05, 0) is 63.8 Å². The van der Waals surface area contributed by atoms with E-state index in [1.807, 2.05) is 0 Å². The second-order valence-corrected chi connectivity index (χ2v) is 6.90. The van der Waals surface area contributed by atoms with E-state index in [-0.39, 0.29) is 17.4 Å². The summed E-state index contributed by atoms with van der Waals surface area (Å²) in [4.78, 5) is 4.56. The Bertz CT molecular complexity index is 642. The molecule has 2 radical (unpaired) electrons. The first-order valence-electron chi connectivity index (χ1n) is 8.34. The number of hydrogen-bond acceptors (Lipinski definition) is 2. The zero-order valence-electron chi connectivity index (χ0n) is 15.1. The maximum atomic E-state index is 3.59. The molecule has 2 aromatic rings. The molecule has 0 bridgehead atoms. The van der Waals surface area contributed by atoms with Crippen LogP contribution in [0.1, 0.15) is 33.4 Å². The van der Waals surface area contributed by atoms with Crippen molar-refractivity contribution in [3.05, 3.63) is 64.3 Å². The lowest BCUT2D eigenvalue weighted by Gasteiger charge is -2.25. The molecule has 3 heteroatoms. The summed E-state index contributed by atoms with van der Waals surface area (Å²) in [6.07, 6.45) is 0. The predicted molar refractivity (Wildman–Crippen MR) is 109 cm³/mol. The van der Waals surface area contributed by atoms with Crippen LogP contribution in [-0.4, -0.2) is 30.5 Å². The van der Waals surface area contributed by atoms with Crippen molar-refractivity contribution in [2.75, 3.05) is 22.9 Å². The van der Waals surface area contributed by atoms with Crippen LogP contribution in [0.15, 0.2) is 24.3 Å². The summed E-state index contributed by atoms with van der Waals surface area (Å²) in [5.41, 5.74) is 10.6. The summed E-state index contributed by atoms with van der Waals surface area (Å²) in [7, 11) is 0. The van der Waals surface area contributed by atoms with Gasteiger partial charge in [0.05, 0.1) is 0 Å². The van der Waals surface area contributed by atoms with E-state index in [2.05, 4.69) is 82.3 Å². The van der Waals surface area contributed by atoms with E-state index >= 15 is 0 Å². The van der Waals surface area contributed by atoms with Gasteiger partial charge in [0.2, 0.25) is 6.67 Å². The molecule has 0 saturated carbocycles. The molecule has 1 heterocycles. The molecule has 1 aliphatic rings. The molecule has 0 unspecified atom stereocenters. The van der Waals surface area contributed by atoms with Gasteiger partial charge in [0.25, 0.3) is 0 Å². The molecular formula is C21H29AlN2. The van der Waals surface area contributed by atoms with Crippen LogP contribution in [-0.2, 0) is 0 Å². The summed E-state index contributed by atoms with van der Waals surface area (Å²) in [5.74, 6) is 0. The van der Waals surface area contributed by atoms with Gasteiger partial charge in [-0.3, -0.25) is 0 Å². The second kappa shape index (κ2) is 7.22. The summed E-state index contributed by atoms with van der Waals surface area (Å²) in [5, 5.41) is 0. The van der Waals surface area contributed by atoms with Crippen molar-refractivity contribution in [1.29, 1.82) is 0 Å². The Hall–Kier alpha value is -1.43. The zero-order valence-corrected chi connectivity index (χ0v) is 15.1. The highest BCUT2D eigenvalue weighted by atomic mass is 27.0. The van der Waals surface area contributed by atoms with E-state index < -0.39 is 0 Å². The summed E-state index contributed by atoms with van der Waals surface area (Å²) in [6.45, 7) is 18.7. The Kier molecular flexibility index (Phi) is 5.68. The molecule has 3 rings (SSSR count). The maximum absolute atomic E-state index is 3.59. The van der Waals surface area contributed by atoms with Crippen LogP contribution in [0.4, 0.5) is 11.4 Å². The van der Waals surface area contributed by atoms with Crippen LogP contribution < -0.4 is 9.80 Å². The number of rotatable bonds is 2. The van der Waals surface area contributed by atoms with E-state index in [1.165, 1.54) is 44.8 Å². The molecular weight excluding hydrogens is 307 g/mol. The minimum absolute atomic E-state index is 0. The third-order valence-corrected chi connectivity index (χ3v) is 4.60. The van der Waals surface area contributed by atoms with E-state index in [4.69, 9.17) is 0 Å². The van der Waals surface area contributed by atoms with Crippen LogP contribution in [0, 0.1) is 48.2 Å². The lowest BCUT2D eigenvalue weighted by atomic mass is 10.0. The minimum atomic E-state index is 0. The predicted octanol–water partition coefficient (Wildman–Crippen LogP) is 3.68. The molecule has 126 valence electrons. The van der Waals surface area contributed by atoms with Crippen LogP contribution in [0.3, 0.4) is 0 Å². The molecule has 0 aromatic heterocycles. The van der Waals surface area contributed by atoms with Crippen molar-refractivity contribution in [1.82, 2.24) is 0 Å². The van der Waals surface area contributed by atoms with Gasteiger partial charge in [-0.1, -0.05) is 35.4 Å². The third-order valence-electron chi connectivity index (χ3n) is 4.60. The topological polar surface area (TPSA) is 6.48 Å². The average molecular weight is 336 g/mol. The van der Waals surface area contributed by atoms with Gasteiger partial charge >= 0.3 is 0 Å². The van der Waals surface area contributed by atoms with Crippen LogP contribution >= 0.6 is 0 Å². The van der Waals surface area contributed by atoms with E-state index in [1.54, 1.807) is 0 Å². The molecule has 1 saturated heterocycles. The zero-order chi connectivity index (χ0) is 16.7. The van der Waals surface area contributed by atoms with Gasteiger partial charge < -0.3 is 9.80 Å². The van der Waals surface area contributed by atoms with Crippen LogP contribution in [0.25, 0.3) is 0 Å². The van der Waals surface area contributed by atoms with Gasteiger partial charge in [0.1, 0.15) is 0 Å². The molecule has 1 aliphatic heterocycles. The van der Waals surface area contributed by atoms with Gasteiger partial charge in [-0.2, -0.15) is 0 Å². The first kappa shape index (κ1) is 18.9. The first-order chi connectivity index (χ1) is 10.9. The van der Waals surface area contributed by atoms with Crippen molar-refractivity contribution in [2.24, 2.45) is 0 Å². The smallest absolute Gasteiger partial charge is 0.208 e. The minimum Gasteiger partial charge on any atom is -0.339 e. The standard InChI is InChI=1S/C21H26N2.Al.3H/c1-14-9-16(3)20(17(4)10-14)22-7-8-23(13-22)21-18(5)11-15(2)12-19(21)6;;;;/h9-12H,7-8H2,1-6H3;;;;. The molecule has 0 aliphatic carbocycles. The van der Waals surface area contributed by atoms with Crippen molar-refractivity contribution < 1.29 is 0 Å². The highest BCUT2D eigenvalue weighted by Crippen LogP contribution is 2.34. The monoisotopic (exact) mass is 336 g/mol. The number of benzene rings is 2. The highest BCUT2D eigenvalue weighted by Gasteiger charge is 2.26. The Labute approximate surface area is 157 Å². The van der Waals surface area contributed by atoms with Gasteiger partial charge in [0, 0.05) is 24.5 Å². The number of nitrogens with zero attached hydrogens (tertiary/aromatic N) is 2. The first-order valence-corrected chi connectivity index (χ1v) is 8.34. The van der Waals surface area contributed by atoms with Crippen molar-refractivity contribution in [3.63, 3.8) is 0 Å². The van der Waals surface area contributed by atoms with E-state index in [0.29, 0.717) is 0 Å². The summed E-state index contributed by atoms with van der Waals surface area (Å²) in [6, 6.07) is 9.04. The highest BCUT2D eigenvalue weighted by molar-refractivity contribution is 5.75. The normalized spacial score (nSPS) is 14.1. The van der Waals surface area contributed by atoms with E-state index in [9.17, 15) is 0 Å². The second-order valence-electron chi connectivity index (χ2n) is 6.90. The third kappa shape index (κ3) is 3.48. The molecule has 0 N–H and O–H groups in total. The molecule has 0 atom stereocenters. The Balaban J connectivity index is 0.00000208. The summed E-state index contributed by atoms with van der Waals surface area (Å²) >= 11 is 0. The van der Waals surface area contributed by atoms with Gasteiger partial charge in [-0.25, -0.2) is 0 Å². The fourth-order valence-corrected chi connectivity index (χ4v) is 3.97. The molecule has 2 nitrogen and oxygen atoms in total. The Morgan fingerprint density at radius 1 is 0.625 bits per heavy atom. The van der Waals surface area contributed by atoms with Gasteiger partial charge in [0.15, 0.2) is 17.4 Å². The Morgan fingerprint density at radius 2 is 0.917 bits per heavy atom. The van der Waals surface area contributed by atoms with Gasteiger partial charge in [-0.15, -0.1) is 0 Å². The van der Waals surface area contributed by atoms with Crippen LogP contribution in [0.2, 0.25) is 0 Å². The quantitative estimate of drug-likeness (QED) is 0.772. The lowest BCUT2D eigenvalue weighted by Crippen LogP contribution is -2.21. The largest absolute Gasteiger partial charge is 0.339 e. The molecule has 0 amide bonds.